The van der Waals surface area contributed by atoms with Crippen LogP contribution >= 0.6 is 0 Å². The van der Waals surface area contributed by atoms with Gasteiger partial charge in [0.1, 0.15) is 18.1 Å². The lowest BCUT2D eigenvalue weighted by atomic mass is 9.95. The molecular formula is C24H21N5O2. The first-order valence-electron chi connectivity index (χ1n) is 10.5. The summed E-state index contributed by atoms with van der Waals surface area (Å²) in [6, 6.07) is 14.3. The predicted molar refractivity (Wildman–Crippen MR) is 118 cm³/mol. The monoisotopic (exact) mass is 411 g/mol. The zero-order valence-corrected chi connectivity index (χ0v) is 16.9. The predicted octanol–water partition coefficient (Wildman–Crippen LogP) is 3.06. The molecule has 0 saturated carbocycles. The molecule has 0 aliphatic carbocycles. The smallest absolute Gasteiger partial charge is 0.255 e. The molecule has 0 saturated heterocycles. The second-order valence-corrected chi connectivity index (χ2v) is 7.92. The number of aromatic amines is 1. The first-order chi connectivity index (χ1) is 15.3. The molecule has 3 N–H and O–H groups in total. The number of nitrogens with one attached hydrogen (secondary N) is 3. The Balaban J connectivity index is 1.43. The van der Waals surface area contributed by atoms with E-state index < -0.39 is 0 Å². The molecule has 2 aliphatic rings. The minimum atomic E-state index is -0.114. The van der Waals surface area contributed by atoms with Crippen LogP contribution in [0.15, 0.2) is 48.7 Å². The summed E-state index contributed by atoms with van der Waals surface area (Å²) in [6.45, 7) is 2.88. The Bertz CT molecular complexity index is 1330. The molecule has 0 spiro atoms. The van der Waals surface area contributed by atoms with Crippen LogP contribution in [0.4, 0.5) is 0 Å². The molecule has 2 aromatic heterocycles. The summed E-state index contributed by atoms with van der Waals surface area (Å²) in [5, 5.41) is 14.7. The van der Waals surface area contributed by atoms with Gasteiger partial charge in [0.15, 0.2) is 5.65 Å². The van der Waals surface area contributed by atoms with Gasteiger partial charge in [-0.25, -0.2) is 4.98 Å². The van der Waals surface area contributed by atoms with Gasteiger partial charge in [0.25, 0.3) is 5.91 Å². The Hall–Kier alpha value is -3.71. The highest BCUT2D eigenvalue weighted by molar-refractivity contribution is 5.99. The van der Waals surface area contributed by atoms with Gasteiger partial charge < -0.3 is 15.4 Å². The maximum atomic E-state index is 12.2. The third-order valence-electron chi connectivity index (χ3n) is 5.99. The second-order valence-electron chi connectivity index (χ2n) is 7.92. The van der Waals surface area contributed by atoms with Gasteiger partial charge in [-0.2, -0.15) is 5.10 Å². The average Bonchev–Trinajstić information content (AvgIpc) is 3.15. The lowest BCUT2D eigenvalue weighted by Gasteiger charge is -2.18. The lowest BCUT2D eigenvalue weighted by Crippen LogP contribution is -2.24. The Kier molecular flexibility index (Phi) is 4.21. The summed E-state index contributed by atoms with van der Waals surface area (Å²) < 4.78 is 5.77. The number of fused-ring (bicyclic) bond motifs is 3. The molecule has 0 radical (unpaired) electrons. The van der Waals surface area contributed by atoms with E-state index in [2.05, 4.69) is 50.1 Å². The number of hydrogen-bond donors (Lipinski definition) is 3. The number of pyridine rings is 1. The Morgan fingerprint density at radius 2 is 1.87 bits per heavy atom. The van der Waals surface area contributed by atoms with E-state index in [0.717, 1.165) is 52.9 Å². The van der Waals surface area contributed by atoms with Gasteiger partial charge >= 0.3 is 0 Å². The molecule has 0 unspecified atom stereocenters. The Labute approximate surface area is 178 Å². The Morgan fingerprint density at radius 3 is 2.84 bits per heavy atom. The number of rotatable bonds is 2. The van der Waals surface area contributed by atoms with Gasteiger partial charge in [-0.1, -0.05) is 18.2 Å². The van der Waals surface area contributed by atoms with Gasteiger partial charge in [-0.05, 0) is 53.9 Å². The van der Waals surface area contributed by atoms with E-state index in [9.17, 15) is 4.79 Å². The van der Waals surface area contributed by atoms with Crippen LogP contribution in [0, 0.1) is 0 Å². The number of aromatic nitrogens is 3. The van der Waals surface area contributed by atoms with Crippen molar-refractivity contribution in [2.75, 3.05) is 19.7 Å². The molecule has 31 heavy (non-hydrogen) atoms. The average molecular weight is 411 g/mol. The van der Waals surface area contributed by atoms with Crippen molar-refractivity contribution in [3.8, 4) is 28.1 Å². The Morgan fingerprint density at radius 1 is 0.935 bits per heavy atom. The van der Waals surface area contributed by atoms with Crippen molar-refractivity contribution in [1.82, 2.24) is 25.8 Å². The summed E-state index contributed by atoms with van der Waals surface area (Å²) in [5.74, 6) is 0.465. The second kappa shape index (κ2) is 7.21. The summed E-state index contributed by atoms with van der Waals surface area (Å²) >= 11 is 0. The van der Waals surface area contributed by atoms with Crippen LogP contribution in [-0.2, 0) is 13.0 Å². The van der Waals surface area contributed by atoms with Crippen LogP contribution in [0.5, 0.6) is 5.75 Å². The highest BCUT2D eigenvalue weighted by atomic mass is 16.5. The summed E-state index contributed by atoms with van der Waals surface area (Å²) in [6.07, 6.45) is 2.95. The molecule has 154 valence electrons. The van der Waals surface area contributed by atoms with E-state index >= 15 is 0 Å². The fourth-order valence-electron chi connectivity index (χ4n) is 4.34. The number of hydrogen-bond acceptors (Lipinski definition) is 5. The molecule has 4 aromatic rings. The number of carbonyl (C=O) groups is 1. The summed E-state index contributed by atoms with van der Waals surface area (Å²) in [7, 11) is 0. The van der Waals surface area contributed by atoms with Gasteiger partial charge in [0, 0.05) is 29.3 Å². The van der Waals surface area contributed by atoms with Gasteiger partial charge in [0.2, 0.25) is 0 Å². The highest BCUT2D eigenvalue weighted by Gasteiger charge is 2.19. The first-order valence-corrected chi connectivity index (χ1v) is 10.5. The minimum absolute atomic E-state index is 0.114. The molecule has 0 fully saturated rings. The summed E-state index contributed by atoms with van der Waals surface area (Å²) in [4.78, 5) is 16.8. The van der Waals surface area contributed by atoms with Crippen LogP contribution in [0.1, 0.15) is 21.5 Å². The molecule has 0 bridgehead atoms. The van der Waals surface area contributed by atoms with Crippen LogP contribution in [0.25, 0.3) is 33.4 Å². The van der Waals surface area contributed by atoms with E-state index in [4.69, 9.17) is 4.74 Å². The number of benzene rings is 2. The normalized spacial score (nSPS) is 15.5. The zero-order chi connectivity index (χ0) is 20.8. The van der Waals surface area contributed by atoms with Crippen LogP contribution in [-0.4, -0.2) is 40.8 Å². The molecule has 7 heteroatoms. The molecule has 4 heterocycles. The van der Waals surface area contributed by atoms with Crippen LogP contribution in [0.2, 0.25) is 0 Å². The molecule has 2 aliphatic heterocycles. The van der Waals surface area contributed by atoms with Gasteiger partial charge in [-0.15, -0.1) is 0 Å². The molecule has 2 aromatic carbocycles. The fourth-order valence-corrected chi connectivity index (χ4v) is 4.34. The van der Waals surface area contributed by atoms with Crippen molar-refractivity contribution < 1.29 is 9.53 Å². The zero-order valence-electron chi connectivity index (χ0n) is 16.9. The topological polar surface area (TPSA) is 91.9 Å². The molecule has 6 rings (SSSR count). The van der Waals surface area contributed by atoms with Crippen molar-refractivity contribution in [1.29, 1.82) is 0 Å². The lowest BCUT2D eigenvalue weighted by molar-refractivity contribution is 0.0957. The van der Waals surface area contributed by atoms with Crippen molar-refractivity contribution in [3.63, 3.8) is 0 Å². The standard InChI is InChI=1S/C24H21N5O2/c30-24-19-4-3-16(11-21(19)31-8-7-26-24)22-20-10-18(13-27-23(20)29-28-22)15-2-1-14-5-6-25-12-17(14)9-15/h1-4,9-11,13,25H,5-8,12H2,(H,26,30)(H,27,28,29). The minimum Gasteiger partial charge on any atom is -0.491 e. The van der Waals surface area contributed by atoms with E-state index in [0.29, 0.717) is 24.5 Å². The van der Waals surface area contributed by atoms with Crippen LogP contribution < -0.4 is 15.4 Å². The fraction of sp³-hybridized carbons (Fsp3) is 0.208. The molecule has 0 atom stereocenters. The quantitative estimate of drug-likeness (QED) is 0.472. The molecule has 7 nitrogen and oxygen atoms in total. The van der Waals surface area contributed by atoms with Gasteiger partial charge in [-0.3, -0.25) is 9.89 Å². The number of ether oxygens (including phenoxy) is 1. The number of amides is 1. The van der Waals surface area contributed by atoms with E-state index in [1.807, 2.05) is 18.3 Å². The highest BCUT2D eigenvalue weighted by Crippen LogP contribution is 2.33. The number of H-pyrrole nitrogens is 1. The largest absolute Gasteiger partial charge is 0.491 e. The van der Waals surface area contributed by atoms with Crippen molar-refractivity contribution in [2.24, 2.45) is 0 Å². The van der Waals surface area contributed by atoms with E-state index in [-0.39, 0.29) is 5.91 Å². The third-order valence-corrected chi connectivity index (χ3v) is 5.99. The maximum Gasteiger partial charge on any atom is 0.255 e. The maximum absolute atomic E-state index is 12.2. The first kappa shape index (κ1) is 18.1. The van der Waals surface area contributed by atoms with Crippen molar-refractivity contribution in [2.45, 2.75) is 13.0 Å². The van der Waals surface area contributed by atoms with E-state index in [1.165, 1.54) is 11.1 Å². The van der Waals surface area contributed by atoms with Crippen LogP contribution in [0.3, 0.4) is 0 Å². The van der Waals surface area contributed by atoms with Gasteiger partial charge in [0.05, 0.1) is 12.1 Å². The molecular weight excluding hydrogens is 390 g/mol. The number of carbonyl (C=O) groups excluding carboxylic acids is 1. The van der Waals surface area contributed by atoms with Crippen molar-refractivity contribution >= 4 is 16.9 Å². The number of nitrogens with zero attached hydrogens (tertiary/aromatic N) is 2. The third kappa shape index (κ3) is 3.14. The van der Waals surface area contributed by atoms with Crippen molar-refractivity contribution in [3.05, 3.63) is 65.4 Å². The SMILES string of the molecule is O=C1NCCOc2cc(-c3n[nH]c4ncc(-c5ccc6c(c5)CNCC6)cc34)ccc21. The van der Waals surface area contributed by atoms with E-state index in [1.54, 1.807) is 6.07 Å². The summed E-state index contributed by atoms with van der Waals surface area (Å²) in [5.41, 5.74) is 7.90. The molecule has 1 amide bonds.